The summed E-state index contributed by atoms with van der Waals surface area (Å²) in [6.07, 6.45) is 0. The van der Waals surface area contributed by atoms with E-state index in [-0.39, 0.29) is 6.04 Å². The van der Waals surface area contributed by atoms with Crippen LogP contribution in [0.3, 0.4) is 0 Å². The van der Waals surface area contributed by atoms with Gasteiger partial charge in [-0.3, -0.25) is 0 Å². The summed E-state index contributed by atoms with van der Waals surface area (Å²) >= 11 is 0. The standard InChI is InChI=1S/C10H15N5/c1-5(2)15-10-9(13-14-15)8(11)6(3)7(4)12-10/h5H,1-4H3,(H2,11,12). The number of hydrogen-bond donors (Lipinski definition) is 1. The summed E-state index contributed by atoms with van der Waals surface area (Å²) in [5, 5.41) is 8.13. The van der Waals surface area contributed by atoms with E-state index in [4.69, 9.17) is 5.73 Å². The molecular formula is C10H15N5. The minimum absolute atomic E-state index is 0.240. The van der Waals surface area contributed by atoms with Crippen LogP contribution in [0.25, 0.3) is 11.2 Å². The molecule has 0 fully saturated rings. The van der Waals surface area contributed by atoms with Gasteiger partial charge in [-0.2, -0.15) is 0 Å². The lowest BCUT2D eigenvalue weighted by molar-refractivity contribution is 0.526. The molecule has 2 heterocycles. The van der Waals surface area contributed by atoms with Crippen LogP contribution in [0.2, 0.25) is 0 Å². The van der Waals surface area contributed by atoms with Crippen molar-refractivity contribution in [1.82, 2.24) is 20.0 Å². The highest BCUT2D eigenvalue weighted by Crippen LogP contribution is 2.24. The molecule has 0 spiro atoms. The molecule has 0 saturated heterocycles. The van der Waals surface area contributed by atoms with Crippen molar-refractivity contribution in [1.29, 1.82) is 0 Å². The quantitative estimate of drug-likeness (QED) is 0.767. The van der Waals surface area contributed by atoms with Gasteiger partial charge in [0.15, 0.2) is 11.2 Å². The molecule has 2 rings (SSSR count). The smallest absolute Gasteiger partial charge is 0.181 e. The number of pyridine rings is 1. The minimum Gasteiger partial charge on any atom is -0.397 e. The Morgan fingerprint density at radius 2 is 1.93 bits per heavy atom. The maximum absolute atomic E-state index is 5.98. The summed E-state index contributed by atoms with van der Waals surface area (Å²) in [5.41, 5.74) is 10.1. The molecule has 2 aromatic rings. The van der Waals surface area contributed by atoms with E-state index < -0.39 is 0 Å². The van der Waals surface area contributed by atoms with Crippen molar-refractivity contribution in [2.24, 2.45) is 0 Å². The van der Waals surface area contributed by atoms with Crippen LogP contribution in [-0.4, -0.2) is 20.0 Å². The van der Waals surface area contributed by atoms with E-state index in [2.05, 4.69) is 15.3 Å². The van der Waals surface area contributed by atoms with Crippen molar-refractivity contribution in [2.75, 3.05) is 5.73 Å². The zero-order valence-electron chi connectivity index (χ0n) is 9.44. The van der Waals surface area contributed by atoms with Crippen molar-refractivity contribution < 1.29 is 0 Å². The molecule has 0 aliphatic carbocycles. The van der Waals surface area contributed by atoms with Gasteiger partial charge in [0.1, 0.15) is 0 Å². The number of aryl methyl sites for hydroxylation is 1. The van der Waals surface area contributed by atoms with Gasteiger partial charge in [0.2, 0.25) is 0 Å². The lowest BCUT2D eigenvalue weighted by Crippen LogP contribution is -2.05. The molecular weight excluding hydrogens is 190 g/mol. The Kier molecular flexibility index (Phi) is 2.10. The van der Waals surface area contributed by atoms with Crippen LogP contribution in [0, 0.1) is 13.8 Å². The first-order chi connectivity index (χ1) is 7.02. The second-order valence-corrected chi connectivity index (χ2v) is 4.04. The average molecular weight is 205 g/mol. The summed E-state index contributed by atoms with van der Waals surface area (Å²) in [5.74, 6) is 0. The predicted octanol–water partition coefficient (Wildman–Crippen LogP) is 1.61. The van der Waals surface area contributed by atoms with Gasteiger partial charge >= 0.3 is 0 Å². The van der Waals surface area contributed by atoms with Gasteiger partial charge in [-0.1, -0.05) is 5.21 Å². The van der Waals surface area contributed by atoms with Gasteiger partial charge in [0.05, 0.1) is 11.7 Å². The number of nitrogens with two attached hydrogens (primary N) is 1. The molecule has 5 heteroatoms. The Bertz CT molecular complexity index is 512. The maximum Gasteiger partial charge on any atom is 0.181 e. The van der Waals surface area contributed by atoms with E-state index in [1.54, 1.807) is 4.68 Å². The summed E-state index contributed by atoms with van der Waals surface area (Å²) in [6.45, 7) is 7.98. The van der Waals surface area contributed by atoms with E-state index in [0.717, 1.165) is 16.9 Å². The van der Waals surface area contributed by atoms with E-state index in [0.29, 0.717) is 11.2 Å². The van der Waals surface area contributed by atoms with Crippen LogP contribution < -0.4 is 5.73 Å². The highest BCUT2D eigenvalue weighted by atomic mass is 15.4. The van der Waals surface area contributed by atoms with Gasteiger partial charge in [-0.05, 0) is 33.3 Å². The molecule has 0 saturated carbocycles. The Hall–Kier alpha value is -1.65. The first-order valence-corrected chi connectivity index (χ1v) is 5.00. The Balaban J connectivity index is 2.83. The molecule has 5 nitrogen and oxygen atoms in total. The summed E-state index contributed by atoms with van der Waals surface area (Å²) in [4.78, 5) is 4.48. The lowest BCUT2D eigenvalue weighted by atomic mass is 10.2. The molecule has 0 bridgehead atoms. The lowest BCUT2D eigenvalue weighted by Gasteiger charge is -2.07. The third kappa shape index (κ3) is 1.35. The van der Waals surface area contributed by atoms with Crippen LogP contribution in [-0.2, 0) is 0 Å². The highest BCUT2D eigenvalue weighted by Gasteiger charge is 2.14. The molecule has 0 radical (unpaired) electrons. The van der Waals surface area contributed by atoms with Gasteiger partial charge in [0, 0.05) is 5.69 Å². The molecule has 15 heavy (non-hydrogen) atoms. The second-order valence-electron chi connectivity index (χ2n) is 4.04. The van der Waals surface area contributed by atoms with Crippen molar-refractivity contribution in [3.8, 4) is 0 Å². The molecule has 2 N–H and O–H groups in total. The Labute approximate surface area is 88.3 Å². The monoisotopic (exact) mass is 205 g/mol. The molecule has 2 aromatic heterocycles. The van der Waals surface area contributed by atoms with E-state index >= 15 is 0 Å². The fraction of sp³-hybridized carbons (Fsp3) is 0.500. The van der Waals surface area contributed by atoms with Crippen LogP contribution in [0.4, 0.5) is 5.69 Å². The highest BCUT2D eigenvalue weighted by molar-refractivity contribution is 5.85. The van der Waals surface area contributed by atoms with E-state index in [9.17, 15) is 0 Å². The first-order valence-electron chi connectivity index (χ1n) is 5.00. The normalized spacial score (nSPS) is 11.5. The number of hydrogen-bond acceptors (Lipinski definition) is 4. The minimum atomic E-state index is 0.240. The number of nitrogen functional groups attached to an aromatic ring is 1. The zero-order chi connectivity index (χ0) is 11.2. The van der Waals surface area contributed by atoms with Crippen LogP contribution in [0.5, 0.6) is 0 Å². The van der Waals surface area contributed by atoms with Crippen LogP contribution in [0.15, 0.2) is 0 Å². The Morgan fingerprint density at radius 3 is 2.53 bits per heavy atom. The van der Waals surface area contributed by atoms with Crippen molar-refractivity contribution in [3.05, 3.63) is 11.3 Å². The van der Waals surface area contributed by atoms with Gasteiger partial charge in [-0.25, -0.2) is 9.67 Å². The molecule has 0 amide bonds. The maximum atomic E-state index is 5.98. The fourth-order valence-corrected chi connectivity index (χ4v) is 1.53. The number of rotatable bonds is 1. The predicted molar refractivity (Wildman–Crippen MR) is 59.6 cm³/mol. The molecule has 0 aliphatic heterocycles. The molecule has 0 aromatic carbocycles. The number of anilines is 1. The van der Waals surface area contributed by atoms with Crippen molar-refractivity contribution in [2.45, 2.75) is 33.7 Å². The van der Waals surface area contributed by atoms with Gasteiger partial charge < -0.3 is 5.73 Å². The first kappa shape index (κ1) is 9.89. The fourth-order valence-electron chi connectivity index (χ4n) is 1.53. The molecule has 0 atom stereocenters. The van der Waals surface area contributed by atoms with Gasteiger partial charge in [-0.15, -0.1) is 5.10 Å². The van der Waals surface area contributed by atoms with Crippen molar-refractivity contribution in [3.63, 3.8) is 0 Å². The molecule has 0 aliphatic rings. The number of nitrogens with zero attached hydrogens (tertiary/aromatic N) is 4. The third-order valence-corrected chi connectivity index (χ3v) is 2.63. The summed E-state index contributed by atoms with van der Waals surface area (Å²) in [7, 11) is 0. The topological polar surface area (TPSA) is 69.6 Å². The zero-order valence-corrected chi connectivity index (χ0v) is 9.44. The second kappa shape index (κ2) is 3.18. The third-order valence-electron chi connectivity index (χ3n) is 2.63. The van der Waals surface area contributed by atoms with Crippen molar-refractivity contribution >= 4 is 16.9 Å². The summed E-state index contributed by atoms with van der Waals surface area (Å²) < 4.78 is 1.79. The Morgan fingerprint density at radius 1 is 1.27 bits per heavy atom. The van der Waals surface area contributed by atoms with E-state index in [1.807, 2.05) is 27.7 Å². The van der Waals surface area contributed by atoms with Crippen LogP contribution >= 0.6 is 0 Å². The average Bonchev–Trinajstić information content (AvgIpc) is 2.58. The van der Waals surface area contributed by atoms with Gasteiger partial charge in [0.25, 0.3) is 0 Å². The number of fused-ring (bicyclic) bond motifs is 1. The summed E-state index contributed by atoms with van der Waals surface area (Å²) in [6, 6.07) is 0.240. The van der Waals surface area contributed by atoms with E-state index in [1.165, 1.54) is 0 Å². The molecule has 80 valence electrons. The largest absolute Gasteiger partial charge is 0.397 e. The van der Waals surface area contributed by atoms with Crippen LogP contribution in [0.1, 0.15) is 31.1 Å². The number of aromatic nitrogens is 4. The SMILES string of the molecule is Cc1nc2c(nnn2C(C)C)c(N)c1C. The molecule has 0 unspecified atom stereocenters.